The number of amides is 1. The summed E-state index contributed by atoms with van der Waals surface area (Å²) in [6, 6.07) is 8.76. The highest BCUT2D eigenvalue weighted by Gasteiger charge is 1.93. The van der Waals surface area contributed by atoms with E-state index in [9.17, 15) is 9.35 Å². The van der Waals surface area contributed by atoms with Gasteiger partial charge in [0.1, 0.15) is 0 Å². The molecule has 4 heteroatoms. The van der Waals surface area contributed by atoms with Crippen molar-refractivity contribution in [2.45, 2.75) is 0 Å². The second-order valence-electron chi connectivity index (χ2n) is 2.47. The summed E-state index contributed by atoms with van der Waals surface area (Å²) in [6.45, 7) is 0. The van der Waals surface area contributed by atoms with Gasteiger partial charge < -0.3 is 10.3 Å². The van der Waals surface area contributed by atoms with Crippen molar-refractivity contribution in [2.75, 3.05) is 12.5 Å². The third-order valence-corrected chi connectivity index (χ3v) is 1.06. The molecule has 72 valence electrons. The first-order valence-corrected chi connectivity index (χ1v) is 5.60. The molecule has 0 radical (unpaired) electrons. The van der Waals surface area contributed by atoms with Gasteiger partial charge in [-0.15, -0.1) is 0 Å². The lowest BCUT2D eigenvalue weighted by Crippen LogP contribution is -2.09. The van der Waals surface area contributed by atoms with Crippen LogP contribution in [0.1, 0.15) is 10.4 Å². The van der Waals surface area contributed by atoms with Crippen molar-refractivity contribution in [1.82, 2.24) is 0 Å². The Bertz CT molecular complexity index is 246. The lowest BCUT2D eigenvalue weighted by molar-refractivity contribution is 0.100. The molecule has 0 fully saturated rings. The molecular formula is C9H13NO2S. The summed E-state index contributed by atoms with van der Waals surface area (Å²) in [5.41, 5.74) is 5.53. The zero-order chi connectivity index (χ0) is 10.3. The third kappa shape index (κ3) is 7.36. The minimum absolute atomic E-state index is 0.379. The van der Waals surface area contributed by atoms with Gasteiger partial charge in [-0.05, 0) is 12.1 Å². The molecule has 3 nitrogen and oxygen atoms in total. The van der Waals surface area contributed by atoms with E-state index in [0.717, 1.165) is 0 Å². The highest BCUT2D eigenvalue weighted by molar-refractivity contribution is 7.89. The van der Waals surface area contributed by atoms with E-state index in [4.69, 9.17) is 5.73 Å². The second-order valence-corrected chi connectivity index (χ2v) is 3.96. The number of primary amides is 1. The predicted octanol–water partition coefficient (Wildman–Crippen LogP) is 0.780. The highest BCUT2D eigenvalue weighted by atomic mass is 32.2. The zero-order valence-corrected chi connectivity index (χ0v) is 8.51. The van der Waals surface area contributed by atoms with Crippen LogP contribution in [0.4, 0.5) is 0 Å². The first-order valence-electron chi connectivity index (χ1n) is 3.64. The van der Waals surface area contributed by atoms with Crippen LogP contribution in [0.25, 0.3) is 0 Å². The van der Waals surface area contributed by atoms with E-state index in [2.05, 4.69) is 0 Å². The van der Waals surface area contributed by atoms with E-state index in [0.29, 0.717) is 5.56 Å². The summed E-state index contributed by atoms with van der Waals surface area (Å²) in [6.07, 6.45) is 3.28. The molecule has 1 rings (SSSR count). The maximum Gasteiger partial charge on any atom is 0.248 e. The molecule has 0 saturated heterocycles. The standard InChI is InChI=1S/C7H7NO.C2H6OS/c8-7(9)6-4-2-1-3-5-6;1-4(2)3/h1-5H,(H2,8,9);1-2H3. The molecule has 1 amide bonds. The van der Waals surface area contributed by atoms with Gasteiger partial charge in [0, 0.05) is 5.56 Å². The van der Waals surface area contributed by atoms with Gasteiger partial charge in [-0.25, -0.2) is 0 Å². The second kappa shape index (κ2) is 6.51. The maximum absolute atomic E-state index is 10.4. The molecule has 13 heavy (non-hydrogen) atoms. The zero-order valence-electron chi connectivity index (χ0n) is 7.69. The molecule has 0 aliphatic heterocycles. The largest absolute Gasteiger partial charge is 0.617 e. The van der Waals surface area contributed by atoms with Crippen molar-refractivity contribution in [3.63, 3.8) is 0 Å². The summed E-state index contributed by atoms with van der Waals surface area (Å²) < 4.78 is 9.56. The van der Waals surface area contributed by atoms with E-state index in [1.165, 1.54) is 0 Å². The lowest BCUT2D eigenvalue weighted by atomic mass is 10.2. The van der Waals surface area contributed by atoms with Crippen LogP contribution in [0.3, 0.4) is 0 Å². The van der Waals surface area contributed by atoms with Gasteiger partial charge in [0.25, 0.3) is 0 Å². The minimum Gasteiger partial charge on any atom is -0.617 e. The number of hydrogen-bond donors (Lipinski definition) is 1. The Labute approximate surface area is 81.1 Å². The first kappa shape index (κ1) is 12.0. The average molecular weight is 199 g/mol. The van der Waals surface area contributed by atoms with Crippen LogP contribution >= 0.6 is 0 Å². The molecule has 0 heterocycles. The number of hydrogen-bond acceptors (Lipinski definition) is 2. The number of carbonyl (C=O) groups excluding carboxylic acids is 1. The quantitative estimate of drug-likeness (QED) is 0.679. The van der Waals surface area contributed by atoms with Crippen LogP contribution in [-0.2, 0) is 11.2 Å². The molecule has 0 aromatic heterocycles. The summed E-state index contributed by atoms with van der Waals surface area (Å²) in [4.78, 5) is 10.4. The number of nitrogens with two attached hydrogens (primary N) is 1. The van der Waals surface area contributed by atoms with Crippen molar-refractivity contribution < 1.29 is 9.35 Å². The monoisotopic (exact) mass is 199 g/mol. The Kier molecular flexibility index (Phi) is 6.01. The third-order valence-electron chi connectivity index (χ3n) is 1.06. The SMILES string of the molecule is C[S+](C)[O-].NC(=O)c1ccccc1. The van der Waals surface area contributed by atoms with E-state index in [1.54, 1.807) is 36.8 Å². The molecule has 1 aromatic carbocycles. The van der Waals surface area contributed by atoms with Gasteiger partial charge in [0.15, 0.2) is 0 Å². The minimum atomic E-state index is -0.611. The molecule has 1 aromatic rings. The smallest absolute Gasteiger partial charge is 0.248 e. The van der Waals surface area contributed by atoms with E-state index >= 15 is 0 Å². The molecule has 0 saturated carbocycles. The Balaban J connectivity index is 0.000000310. The topological polar surface area (TPSA) is 66.2 Å². The van der Waals surface area contributed by atoms with Crippen LogP contribution in [0.15, 0.2) is 30.3 Å². The Morgan fingerprint density at radius 1 is 1.31 bits per heavy atom. The van der Waals surface area contributed by atoms with Crippen molar-refractivity contribution in [3.8, 4) is 0 Å². The summed E-state index contributed by atoms with van der Waals surface area (Å²) in [7, 11) is 0. The number of rotatable bonds is 1. The first-order chi connectivity index (χ1) is 6.04. The number of benzene rings is 1. The van der Waals surface area contributed by atoms with Gasteiger partial charge in [0.05, 0.1) is 12.5 Å². The van der Waals surface area contributed by atoms with Crippen LogP contribution in [-0.4, -0.2) is 23.0 Å². The van der Waals surface area contributed by atoms with Gasteiger partial charge in [0.2, 0.25) is 5.91 Å². The summed E-state index contributed by atoms with van der Waals surface area (Å²) in [5.74, 6) is -0.379. The van der Waals surface area contributed by atoms with Crippen LogP contribution < -0.4 is 5.73 Å². The molecule has 0 spiro atoms. The molecule has 0 aliphatic carbocycles. The Hall–Kier alpha value is -1.00. The average Bonchev–Trinajstić information content (AvgIpc) is 2.05. The fraction of sp³-hybridized carbons (Fsp3) is 0.222. The van der Waals surface area contributed by atoms with E-state index in [1.807, 2.05) is 6.07 Å². The van der Waals surface area contributed by atoms with Gasteiger partial charge in [-0.3, -0.25) is 4.79 Å². The fourth-order valence-corrected chi connectivity index (χ4v) is 0.602. The summed E-state index contributed by atoms with van der Waals surface area (Å²) in [5, 5.41) is 0. The molecule has 0 aliphatic rings. The molecular weight excluding hydrogens is 186 g/mol. The fourth-order valence-electron chi connectivity index (χ4n) is 0.602. The van der Waals surface area contributed by atoms with Crippen LogP contribution in [0.5, 0.6) is 0 Å². The number of carbonyl (C=O) groups is 1. The molecule has 0 atom stereocenters. The normalized spacial score (nSPS) is 8.92. The Morgan fingerprint density at radius 2 is 1.69 bits per heavy atom. The van der Waals surface area contributed by atoms with Crippen molar-refractivity contribution >= 4 is 17.1 Å². The molecule has 0 unspecified atom stereocenters. The highest BCUT2D eigenvalue weighted by Crippen LogP contribution is 1.94. The van der Waals surface area contributed by atoms with Gasteiger partial charge in [-0.2, -0.15) is 0 Å². The van der Waals surface area contributed by atoms with Crippen molar-refractivity contribution in [2.24, 2.45) is 5.73 Å². The van der Waals surface area contributed by atoms with Crippen molar-refractivity contribution in [1.29, 1.82) is 0 Å². The summed E-state index contributed by atoms with van der Waals surface area (Å²) >= 11 is -0.611. The van der Waals surface area contributed by atoms with Gasteiger partial charge in [-0.1, -0.05) is 29.4 Å². The van der Waals surface area contributed by atoms with Crippen LogP contribution in [0.2, 0.25) is 0 Å². The molecule has 2 N–H and O–H groups in total. The van der Waals surface area contributed by atoms with E-state index < -0.39 is 11.2 Å². The van der Waals surface area contributed by atoms with E-state index in [-0.39, 0.29) is 5.91 Å². The van der Waals surface area contributed by atoms with Crippen molar-refractivity contribution in [3.05, 3.63) is 35.9 Å². The van der Waals surface area contributed by atoms with Gasteiger partial charge >= 0.3 is 0 Å². The van der Waals surface area contributed by atoms with Crippen LogP contribution in [0, 0.1) is 0 Å². The predicted molar refractivity (Wildman–Crippen MR) is 55.0 cm³/mol. The lowest BCUT2D eigenvalue weighted by Gasteiger charge is -1.89. The Morgan fingerprint density at radius 3 is 1.92 bits per heavy atom. The molecule has 0 bridgehead atoms. The maximum atomic E-state index is 10.4.